The van der Waals surface area contributed by atoms with Crippen LogP contribution >= 0.6 is 11.8 Å². The molecule has 13 heteroatoms. The number of urea groups is 1. The molecule has 4 aromatic rings. The topological polar surface area (TPSA) is 102 Å². The van der Waals surface area contributed by atoms with Crippen LogP contribution in [0, 0.1) is 0 Å². The van der Waals surface area contributed by atoms with Crippen LogP contribution in [0.15, 0.2) is 84.1 Å². The Kier molecular flexibility index (Phi) is 8.85. The highest BCUT2D eigenvalue weighted by Crippen LogP contribution is 2.36. The molecule has 1 aliphatic heterocycles. The van der Waals surface area contributed by atoms with E-state index < -0.39 is 12.4 Å². The molecule has 2 aliphatic rings. The molecule has 2 atom stereocenters. The second-order valence-corrected chi connectivity index (χ2v) is 12.3. The summed E-state index contributed by atoms with van der Waals surface area (Å²) in [5, 5.41) is 7.94. The number of para-hydroxylation sites is 1. The number of carbonyl (C=O) groups excluding carboxylic acids is 2. The van der Waals surface area contributed by atoms with Crippen molar-refractivity contribution in [2.24, 2.45) is 4.99 Å². The molecule has 0 radical (unpaired) electrons. The number of rotatable bonds is 7. The minimum absolute atomic E-state index is 0.0942. The van der Waals surface area contributed by atoms with Gasteiger partial charge in [-0.25, -0.2) is 14.5 Å². The summed E-state index contributed by atoms with van der Waals surface area (Å²) in [6, 6.07) is 20.3. The molecule has 1 saturated heterocycles. The van der Waals surface area contributed by atoms with Crippen molar-refractivity contribution in [1.29, 1.82) is 0 Å². The van der Waals surface area contributed by atoms with Gasteiger partial charge in [0.25, 0.3) is 0 Å². The standard InChI is InChI=1S/C33H31F3N6O3S/c1-20(2)25-6-3-4-9-28(25)42-29(43)18-46-32(42)39-31(44)38-27-8-5-7-26(27)21-10-12-22(13-11-21)30-37-19-41(40-30)23-14-16-24(17-15-23)45-33(34,35)36/h3-4,6,9-17,19-20,26-27H,5,7-8,18H2,1-2H3,(H,38,44). The van der Waals surface area contributed by atoms with E-state index in [2.05, 4.69) is 39.0 Å². The van der Waals surface area contributed by atoms with E-state index in [1.54, 1.807) is 4.90 Å². The second kappa shape index (κ2) is 13.0. The number of hydrogen-bond acceptors (Lipinski definition) is 6. The SMILES string of the molecule is CC(C)c1ccccc1N1C(=O)CSC1=NC(=O)NC1CCCC1c1ccc(-c2ncn(-c3ccc(OC(F)(F)F)cc3)n2)cc1. The molecule has 1 aromatic heterocycles. The number of amides is 3. The summed E-state index contributed by atoms with van der Waals surface area (Å²) in [6.45, 7) is 4.13. The van der Waals surface area contributed by atoms with Gasteiger partial charge in [-0.15, -0.1) is 18.3 Å². The van der Waals surface area contributed by atoms with E-state index in [-0.39, 0.29) is 35.3 Å². The Bertz CT molecular complexity index is 1760. The Morgan fingerprint density at radius 1 is 1.04 bits per heavy atom. The van der Waals surface area contributed by atoms with E-state index >= 15 is 0 Å². The van der Waals surface area contributed by atoms with Crippen molar-refractivity contribution in [3.63, 3.8) is 0 Å². The Hall–Kier alpha value is -4.65. The van der Waals surface area contributed by atoms with Crippen LogP contribution in [0.25, 0.3) is 17.1 Å². The molecule has 6 rings (SSSR count). The lowest BCUT2D eigenvalue weighted by atomic mass is 9.93. The largest absolute Gasteiger partial charge is 0.573 e. The molecule has 9 nitrogen and oxygen atoms in total. The maximum absolute atomic E-state index is 13.1. The van der Waals surface area contributed by atoms with E-state index in [4.69, 9.17) is 0 Å². The molecule has 1 N–H and O–H groups in total. The Morgan fingerprint density at radius 3 is 2.50 bits per heavy atom. The summed E-state index contributed by atoms with van der Waals surface area (Å²) in [4.78, 5) is 36.2. The third-order valence-corrected chi connectivity index (χ3v) is 8.93. The minimum atomic E-state index is -4.76. The lowest BCUT2D eigenvalue weighted by Gasteiger charge is -2.22. The van der Waals surface area contributed by atoms with Gasteiger partial charge in [0, 0.05) is 17.5 Å². The number of aliphatic imine (C=N–C) groups is 1. The molecule has 1 saturated carbocycles. The number of ether oxygens (including phenoxy) is 1. The van der Waals surface area contributed by atoms with E-state index in [0.29, 0.717) is 16.7 Å². The smallest absolute Gasteiger partial charge is 0.406 e. The number of aromatic nitrogens is 3. The van der Waals surface area contributed by atoms with Crippen molar-refractivity contribution in [2.75, 3.05) is 10.7 Å². The number of nitrogens with zero attached hydrogens (tertiary/aromatic N) is 5. The van der Waals surface area contributed by atoms with Gasteiger partial charge < -0.3 is 10.1 Å². The van der Waals surface area contributed by atoms with Crippen LogP contribution in [-0.2, 0) is 4.79 Å². The maximum Gasteiger partial charge on any atom is 0.573 e. The van der Waals surface area contributed by atoms with Crippen molar-refractivity contribution < 1.29 is 27.5 Å². The summed E-state index contributed by atoms with van der Waals surface area (Å²) >= 11 is 1.26. The van der Waals surface area contributed by atoms with Gasteiger partial charge in [-0.3, -0.25) is 9.69 Å². The number of anilines is 1. The normalized spacial score (nSPS) is 19.3. The fraction of sp³-hybridized carbons (Fsp3) is 0.303. The zero-order valence-corrected chi connectivity index (χ0v) is 25.9. The Balaban J connectivity index is 1.12. The van der Waals surface area contributed by atoms with E-state index in [9.17, 15) is 22.8 Å². The first-order valence-electron chi connectivity index (χ1n) is 14.9. The average Bonchev–Trinajstić information content (AvgIpc) is 3.78. The monoisotopic (exact) mass is 648 g/mol. The van der Waals surface area contributed by atoms with Gasteiger partial charge in [0.1, 0.15) is 12.1 Å². The summed E-state index contributed by atoms with van der Waals surface area (Å²) < 4.78 is 42.8. The van der Waals surface area contributed by atoms with Crippen LogP contribution in [0.1, 0.15) is 56.1 Å². The van der Waals surface area contributed by atoms with Gasteiger partial charge in [-0.05, 0) is 60.2 Å². The van der Waals surface area contributed by atoms with Crippen LogP contribution in [0.2, 0.25) is 0 Å². The predicted molar refractivity (Wildman–Crippen MR) is 170 cm³/mol. The molecule has 238 valence electrons. The van der Waals surface area contributed by atoms with Gasteiger partial charge in [-0.1, -0.05) is 74.5 Å². The summed E-state index contributed by atoms with van der Waals surface area (Å²) in [6.07, 6.45) is -0.596. The molecule has 2 heterocycles. The van der Waals surface area contributed by atoms with Crippen LogP contribution in [0.5, 0.6) is 5.75 Å². The van der Waals surface area contributed by atoms with Crippen LogP contribution in [-0.4, -0.2) is 50.0 Å². The van der Waals surface area contributed by atoms with Crippen molar-refractivity contribution in [3.05, 3.63) is 90.3 Å². The molecule has 2 unspecified atom stereocenters. The van der Waals surface area contributed by atoms with Crippen molar-refractivity contribution in [2.45, 2.75) is 57.3 Å². The van der Waals surface area contributed by atoms with Crippen molar-refractivity contribution in [3.8, 4) is 22.8 Å². The van der Waals surface area contributed by atoms with E-state index in [1.165, 1.54) is 47.0 Å². The fourth-order valence-electron chi connectivity index (χ4n) is 5.87. The summed E-state index contributed by atoms with van der Waals surface area (Å²) in [7, 11) is 0. The molecule has 0 spiro atoms. The van der Waals surface area contributed by atoms with Gasteiger partial charge in [0.05, 0.1) is 17.1 Å². The van der Waals surface area contributed by atoms with Crippen LogP contribution in [0.4, 0.5) is 23.7 Å². The van der Waals surface area contributed by atoms with E-state index in [1.807, 2.05) is 48.5 Å². The van der Waals surface area contributed by atoms with Crippen molar-refractivity contribution in [1.82, 2.24) is 20.1 Å². The molecule has 2 fully saturated rings. The number of carbonyl (C=O) groups is 2. The van der Waals surface area contributed by atoms with Crippen LogP contribution in [0.3, 0.4) is 0 Å². The van der Waals surface area contributed by atoms with Gasteiger partial charge in [0.15, 0.2) is 11.0 Å². The number of thioether (sulfide) groups is 1. The Morgan fingerprint density at radius 2 is 1.78 bits per heavy atom. The zero-order valence-electron chi connectivity index (χ0n) is 25.1. The highest BCUT2D eigenvalue weighted by Gasteiger charge is 2.34. The number of amidine groups is 1. The first kappa shape index (κ1) is 31.3. The molecule has 1 aliphatic carbocycles. The number of nitrogens with one attached hydrogen (secondary N) is 1. The molecular formula is C33H31F3N6O3S. The minimum Gasteiger partial charge on any atom is -0.406 e. The Labute approximate surface area is 267 Å². The molecular weight excluding hydrogens is 617 g/mol. The fourth-order valence-corrected chi connectivity index (χ4v) is 6.73. The average molecular weight is 649 g/mol. The third kappa shape index (κ3) is 6.94. The second-order valence-electron chi connectivity index (χ2n) is 11.4. The molecule has 3 amide bonds. The first-order chi connectivity index (χ1) is 22.1. The molecule has 3 aromatic carbocycles. The lowest BCUT2D eigenvalue weighted by molar-refractivity contribution is -0.274. The number of hydrogen-bond donors (Lipinski definition) is 1. The zero-order chi connectivity index (χ0) is 32.4. The quantitative estimate of drug-likeness (QED) is 0.224. The highest BCUT2D eigenvalue weighted by molar-refractivity contribution is 8.15. The number of halogens is 3. The molecule has 46 heavy (non-hydrogen) atoms. The number of alkyl halides is 3. The lowest BCUT2D eigenvalue weighted by Crippen LogP contribution is -2.37. The molecule has 0 bridgehead atoms. The van der Waals surface area contributed by atoms with Gasteiger partial charge in [-0.2, -0.15) is 4.99 Å². The van der Waals surface area contributed by atoms with E-state index in [0.717, 1.165) is 41.6 Å². The third-order valence-electron chi connectivity index (χ3n) is 8.01. The highest BCUT2D eigenvalue weighted by atomic mass is 32.2. The van der Waals surface area contributed by atoms with Gasteiger partial charge in [0.2, 0.25) is 5.91 Å². The number of benzene rings is 3. The van der Waals surface area contributed by atoms with Crippen LogP contribution < -0.4 is 15.0 Å². The summed E-state index contributed by atoms with van der Waals surface area (Å²) in [5.74, 6) is 0.564. The first-order valence-corrected chi connectivity index (χ1v) is 15.9. The van der Waals surface area contributed by atoms with Gasteiger partial charge >= 0.3 is 12.4 Å². The predicted octanol–water partition coefficient (Wildman–Crippen LogP) is 7.44. The van der Waals surface area contributed by atoms with Crippen molar-refractivity contribution >= 4 is 34.6 Å². The summed E-state index contributed by atoms with van der Waals surface area (Å²) in [5.41, 5.74) is 4.14. The maximum atomic E-state index is 13.1.